The molecule has 0 aliphatic rings. The van der Waals surface area contributed by atoms with Crippen LogP contribution in [0.2, 0.25) is 0 Å². The summed E-state index contributed by atoms with van der Waals surface area (Å²) in [5.74, 6) is 0.0370. The number of ketones is 1. The highest BCUT2D eigenvalue weighted by Crippen LogP contribution is 1.98. The Kier molecular flexibility index (Phi) is 2.72. The van der Waals surface area contributed by atoms with Crippen LogP contribution in [0.1, 0.15) is 10.4 Å². The number of Topliss-reactive ketones (excluding diaryl/α,β-unsaturated/α-hetero) is 1. The van der Waals surface area contributed by atoms with Gasteiger partial charge >= 0.3 is 0 Å². The van der Waals surface area contributed by atoms with Crippen LogP contribution < -0.4 is 5.46 Å². The fourth-order valence-electron chi connectivity index (χ4n) is 0.817. The zero-order valence-corrected chi connectivity index (χ0v) is 7.06. The van der Waals surface area contributed by atoms with Crippen LogP contribution in [0, 0.1) is 0 Å². The molecule has 0 amide bonds. The molecule has 11 heavy (non-hydrogen) atoms. The number of hydrogen-bond acceptors (Lipinski definition) is 1. The van der Waals surface area contributed by atoms with E-state index in [4.69, 9.17) is 11.6 Å². The number of carbonyl (C=O) groups excluding carboxylic acids is 1. The molecule has 0 fully saturated rings. The second-order valence-corrected chi connectivity index (χ2v) is 2.69. The summed E-state index contributed by atoms with van der Waals surface area (Å²) in [7, 11) is 1.98. The molecule has 0 N–H and O–H groups in total. The molecule has 0 aromatic heterocycles. The number of rotatable bonds is 2. The Labute approximate surface area is 71.8 Å². The van der Waals surface area contributed by atoms with E-state index in [2.05, 4.69) is 0 Å². The molecule has 0 spiro atoms. The summed E-state index contributed by atoms with van der Waals surface area (Å²) in [4.78, 5) is 11.0. The maximum Gasteiger partial charge on any atom is 0.177 e. The summed E-state index contributed by atoms with van der Waals surface area (Å²) in [6.07, 6.45) is 0. The normalized spacial score (nSPS) is 9.55. The van der Waals surface area contributed by atoms with Crippen LogP contribution in [0.3, 0.4) is 0 Å². The van der Waals surface area contributed by atoms with Gasteiger partial charge in [-0.15, -0.1) is 11.6 Å². The third-order valence-electron chi connectivity index (χ3n) is 1.49. The first-order valence-electron chi connectivity index (χ1n) is 3.40. The van der Waals surface area contributed by atoms with Gasteiger partial charge in [0.25, 0.3) is 0 Å². The van der Waals surface area contributed by atoms with E-state index in [-0.39, 0.29) is 11.7 Å². The molecule has 1 nitrogen and oxygen atoms in total. The van der Waals surface area contributed by atoms with Crippen molar-refractivity contribution in [2.45, 2.75) is 0 Å². The van der Waals surface area contributed by atoms with Crippen molar-refractivity contribution < 1.29 is 4.79 Å². The molecule has 1 aromatic rings. The molecule has 0 heterocycles. The summed E-state index contributed by atoms with van der Waals surface area (Å²) in [6, 6.07) is 7.39. The van der Waals surface area contributed by atoms with Crippen molar-refractivity contribution in [1.29, 1.82) is 0 Å². The Morgan fingerprint density at radius 2 is 1.91 bits per heavy atom. The third-order valence-corrected chi connectivity index (χ3v) is 1.74. The molecule has 0 unspecified atom stereocenters. The van der Waals surface area contributed by atoms with Gasteiger partial charge < -0.3 is 0 Å². The summed E-state index contributed by atoms with van der Waals surface area (Å²) in [5.41, 5.74) is 1.83. The van der Waals surface area contributed by atoms with Crippen LogP contribution in [-0.4, -0.2) is 19.5 Å². The summed E-state index contributed by atoms with van der Waals surface area (Å²) in [5, 5.41) is 0. The second kappa shape index (κ2) is 3.58. The molecule has 0 radical (unpaired) electrons. The first-order valence-corrected chi connectivity index (χ1v) is 3.93. The van der Waals surface area contributed by atoms with Crippen molar-refractivity contribution in [3.8, 4) is 0 Å². The van der Waals surface area contributed by atoms with Crippen molar-refractivity contribution in [2.75, 3.05) is 5.88 Å². The van der Waals surface area contributed by atoms with Crippen LogP contribution in [0.25, 0.3) is 0 Å². The van der Waals surface area contributed by atoms with E-state index in [1.54, 1.807) is 12.1 Å². The quantitative estimate of drug-likeness (QED) is 0.352. The Morgan fingerprint density at radius 1 is 1.36 bits per heavy atom. The van der Waals surface area contributed by atoms with Gasteiger partial charge in [0.15, 0.2) is 5.78 Å². The topological polar surface area (TPSA) is 17.1 Å². The first-order chi connectivity index (χ1) is 5.24. The fraction of sp³-hybridized carbons (Fsp3) is 0.125. The Balaban J connectivity index is 2.90. The summed E-state index contributed by atoms with van der Waals surface area (Å²) < 4.78 is 0. The second-order valence-electron chi connectivity index (χ2n) is 2.42. The summed E-state index contributed by atoms with van der Waals surface area (Å²) >= 11 is 5.38. The SMILES string of the molecule is Bc1ccc(C(=O)CCl)cc1. The fourth-order valence-corrected chi connectivity index (χ4v) is 0.971. The molecule has 1 rings (SSSR count). The standard InChI is InChI=1S/C8H8BClO/c9-7-3-1-6(2-4-7)8(11)5-10/h1-4H,5,9H2. The van der Waals surface area contributed by atoms with Gasteiger partial charge in [-0.05, 0) is 0 Å². The highest BCUT2D eigenvalue weighted by molar-refractivity contribution is 6.33. The average molecular weight is 166 g/mol. The Morgan fingerprint density at radius 3 is 2.36 bits per heavy atom. The van der Waals surface area contributed by atoms with E-state index in [0.717, 1.165) is 5.46 Å². The zero-order chi connectivity index (χ0) is 8.27. The predicted molar refractivity (Wildman–Crippen MR) is 49.7 cm³/mol. The lowest BCUT2D eigenvalue weighted by molar-refractivity contribution is 0.102. The van der Waals surface area contributed by atoms with Crippen LogP contribution >= 0.6 is 11.6 Å². The zero-order valence-electron chi connectivity index (χ0n) is 6.30. The molecule has 0 aliphatic carbocycles. The van der Waals surface area contributed by atoms with E-state index < -0.39 is 0 Å². The maximum atomic E-state index is 11.0. The summed E-state index contributed by atoms with van der Waals surface area (Å²) in [6.45, 7) is 0. The Hall–Kier alpha value is -0.755. The van der Waals surface area contributed by atoms with Gasteiger partial charge in [-0.1, -0.05) is 29.7 Å². The molecule has 0 saturated heterocycles. The van der Waals surface area contributed by atoms with Crippen LogP contribution in [0.4, 0.5) is 0 Å². The maximum absolute atomic E-state index is 11.0. The number of alkyl halides is 1. The lowest BCUT2D eigenvalue weighted by atomic mass is 9.95. The lowest BCUT2D eigenvalue weighted by Crippen LogP contribution is -2.05. The van der Waals surface area contributed by atoms with Crippen LogP contribution in [0.5, 0.6) is 0 Å². The van der Waals surface area contributed by atoms with Crippen LogP contribution in [0.15, 0.2) is 24.3 Å². The number of benzene rings is 1. The van der Waals surface area contributed by atoms with Crippen molar-refractivity contribution in [1.82, 2.24) is 0 Å². The van der Waals surface area contributed by atoms with E-state index in [1.165, 1.54) is 0 Å². The van der Waals surface area contributed by atoms with Gasteiger partial charge in [-0.25, -0.2) is 0 Å². The smallest absolute Gasteiger partial charge is 0.177 e. The van der Waals surface area contributed by atoms with Gasteiger partial charge in [0.1, 0.15) is 7.85 Å². The molecule has 56 valence electrons. The lowest BCUT2D eigenvalue weighted by Gasteiger charge is -1.96. The number of hydrogen-bond donors (Lipinski definition) is 0. The minimum absolute atomic E-state index is 0.0216. The van der Waals surface area contributed by atoms with Crippen molar-refractivity contribution in [3.05, 3.63) is 29.8 Å². The molecular formula is C8H8BClO. The highest BCUT2D eigenvalue weighted by atomic mass is 35.5. The van der Waals surface area contributed by atoms with Crippen molar-refractivity contribution >= 4 is 30.7 Å². The molecule has 1 aromatic carbocycles. The average Bonchev–Trinajstić information content (AvgIpc) is 2.05. The Bertz CT molecular complexity index is 255. The largest absolute Gasteiger partial charge is 0.293 e. The number of halogens is 1. The van der Waals surface area contributed by atoms with Gasteiger partial charge in [0.05, 0.1) is 5.88 Å². The number of carbonyl (C=O) groups is 1. The van der Waals surface area contributed by atoms with Crippen LogP contribution in [-0.2, 0) is 0 Å². The van der Waals surface area contributed by atoms with E-state index in [0.29, 0.717) is 5.56 Å². The molecule has 3 heteroatoms. The minimum atomic E-state index is -0.0216. The van der Waals surface area contributed by atoms with Gasteiger partial charge in [0, 0.05) is 5.56 Å². The minimum Gasteiger partial charge on any atom is -0.293 e. The van der Waals surface area contributed by atoms with E-state index in [1.807, 2.05) is 20.0 Å². The first kappa shape index (κ1) is 8.34. The molecule has 0 bridgehead atoms. The van der Waals surface area contributed by atoms with E-state index >= 15 is 0 Å². The van der Waals surface area contributed by atoms with Gasteiger partial charge in [-0.3, -0.25) is 4.79 Å². The highest BCUT2D eigenvalue weighted by Gasteiger charge is 2.01. The predicted octanol–water partition coefficient (Wildman–Crippen LogP) is 0.366. The monoisotopic (exact) mass is 166 g/mol. The van der Waals surface area contributed by atoms with Crippen molar-refractivity contribution in [2.24, 2.45) is 0 Å². The molecule has 0 aliphatic heterocycles. The molecule has 0 saturated carbocycles. The van der Waals surface area contributed by atoms with Crippen molar-refractivity contribution in [3.63, 3.8) is 0 Å². The van der Waals surface area contributed by atoms with Gasteiger partial charge in [-0.2, -0.15) is 0 Å². The third kappa shape index (κ3) is 2.09. The van der Waals surface area contributed by atoms with E-state index in [9.17, 15) is 4.79 Å². The molecule has 0 atom stereocenters. The molecular weight excluding hydrogens is 158 g/mol. The van der Waals surface area contributed by atoms with Gasteiger partial charge in [0.2, 0.25) is 0 Å².